The average molecular weight is 270 g/mol. The Kier molecular flexibility index (Phi) is 3.99. The van der Waals surface area contributed by atoms with Gasteiger partial charge in [-0.25, -0.2) is 13.6 Å². The van der Waals surface area contributed by atoms with Crippen LogP contribution in [0.3, 0.4) is 0 Å². The summed E-state index contributed by atoms with van der Waals surface area (Å²) in [4.78, 5) is 14.2. The quantitative estimate of drug-likeness (QED) is 0.848. The van der Waals surface area contributed by atoms with Gasteiger partial charge < -0.3 is 9.72 Å². The maximum Gasteiger partial charge on any atom is 0.326 e. The molecule has 0 saturated carbocycles. The number of nitrogens with zero attached hydrogens (tertiary/aromatic N) is 1. The van der Waals surface area contributed by atoms with E-state index < -0.39 is 17.3 Å². The summed E-state index contributed by atoms with van der Waals surface area (Å²) in [6.07, 6.45) is 0.662. The number of hydrogen-bond donors (Lipinski definition) is 1. The highest BCUT2D eigenvalue weighted by Gasteiger charge is 2.14. The lowest BCUT2D eigenvalue weighted by molar-refractivity contribution is 0.0749. The van der Waals surface area contributed by atoms with Crippen LogP contribution in [0.15, 0.2) is 16.9 Å². The zero-order valence-electron chi connectivity index (χ0n) is 10.9. The van der Waals surface area contributed by atoms with Crippen molar-refractivity contribution in [3.8, 4) is 0 Å². The summed E-state index contributed by atoms with van der Waals surface area (Å²) >= 11 is 0. The fourth-order valence-electron chi connectivity index (χ4n) is 1.94. The largest absolute Gasteiger partial charge is 0.379 e. The molecule has 1 aromatic heterocycles. The molecule has 6 heteroatoms. The number of aromatic nitrogens is 2. The third-order valence-electron chi connectivity index (χ3n) is 2.80. The molecule has 0 aliphatic heterocycles. The number of fused-ring (bicyclic) bond motifs is 1. The van der Waals surface area contributed by atoms with Gasteiger partial charge in [-0.2, -0.15) is 0 Å². The van der Waals surface area contributed by atoms with Crippen LogP contribution in [0.1, 0.15) is 20.3 Å². The highest BCUT2D eigenvalue weighted by Crippen LogP contribution is 2.17. The average Bonchev–Trinajstić information content (AvgIpc) is 2.66. The van der Waals surface area contributed by atoms with Crippen LogP contribution >= 0.6 is 0 Å². The van der Waals surface area contributed by atoms with Crippen LogP contribution in [-0.2, 0) is 11.3 Å². The van der Waals surface area contributed by atoms with Crippen LogP contribution in [0.5, 0.6) is 0 Å². The molecule has 0 unspecified atom stereocenters. The summed E-state index contributed by atoms with van der Waals surface area (Å²) < 4.78 is 33.5. The predicted octanol–water partition coefficient (Wildman–Crippen LogP) is 2.42. The molecule has 0 bridgehead atoms. The molecule has 1 heterocycles. The molecular formula is C13H16F2N2O2. The minimum absolute atomic E-state index is 0.0189. The van der Waals surface area contributed by atoms with Crippen molar-refractivity contribution in [3.63, 3.8) is 0 Å². The molecule has 0 atom stereocenters. The summed E-state index contributed by atoms with van der Waals surface area (Å²) in [6, 6.07) is 2.36. The number of aromatic amines is 1. The second-order valence-corrected chi connectivity index (χ2v) is 4.61. The molecule has 1 aromatic carbocycles. The number of halogens is 2. The van der Waals surface area contributed by atoms with E-state index in [1.807, 2.05) is 13.8 Å². The van der Waals surface area contributed by atoms with Crippen LogP contribution in [0.2, 0.25) is 0 Å². The highest BCUT2D eigenvalue weighted by molar-refractivity contribution is 5.75. The summed E-state index contributed by atoms with van der Waals surface area (Å²) in [5.41, 5.74) is -0.160. The van der Waals surface area contributed by atoms with Gasteiger partial charge in [0.25, 0.3) is 0 Å². The molecule has 1 N–H and O–H groups in total. The van der Waals surface area contributed by atoms with Crippen LogP contribution in [0.4, 0.5) is 8.78 Å². The Bertz CT molecular complexity index is 631. The number of H-pyrrole nitrogens is 1. The van der Waals surface area contributed by atoms with Gasteiger partial charge in [0.15, 0.2) is 11.6 Å². The van der Waals surface area contributed by atoms with Gasteiger partial charge in [-0.15, -0.1) is 0 Å². The number of rotatable bonds is 5. The smallest absolute Gasteiger partial charge is 0.326 e. The van der Waals surface area contributed by atoms with Gasteiger partial charge in [-0.3, -0.25) is 4.57 Å². The summed E-state index contributed by atoms with van der Waals surface area (Å²) in [6.45, 7) is 4.57. The van der Waals surface area contributed by atoms with Crippen LogP contribution in [0, 0.1) is 11.6 Å². The lowest BCUT2D eigenvalue weighted by Gasteiger charge is -2.08. The van der Waals surface area contributed by atoms with Crippen molar-refractivity contribution in [1.82, 2.24) is 9.55 Å². The Morgan fingerprint density at radius 1 is 1.37 bits per heavy atom. The number of hydrogen-bond acceptors (Lipinski definition) is 2. The van der Waals surface area contributed by atoms with Crippen LogP contribution < -0.4 is 5.69 Å². The fourth-order valence-corrected chi connectivity index (χ4v) is 1.94. The molecule has 0 amide bonds. The molecule has 0 saturated heterocycles. The highest BCUT2D eigenvalue weighted by atomic mass is 19.2. The lowest BCUT2D eigenvalue weighted by Crippen LogP contribution is -2.18. The van der Waals surface area contributed by atoms with Crippen molar-refractivity contribution < 1.29 is 13.5 Å². The molecule has 2 aromatic rings. The second-order valence-electron chi connectivity index (χ2n) is 4.61. The van der Waals surface area contributed by atoms with E-state index >= 15 is 0 Å². The number of nitrogens with one attached hydrogen (secondary N) is 1. The maximum atomic E-state index is 13.7. The number of ether oxygens (including phenoxy) is 1. The molecule has 0 spiro atoms. The zero-order valence-corrected chi connectivity index (χ0v) is 10.9. The van der Waals surface area contributed by atoms with Crippen molar-refractivity contribution in [1.29, 1.82) is 0 Å². The van der Waals surface area contributed by atoms with Crippen molar-refractivity contribution in [3.05, 3.63) is 34.3 Å². The Balaban J connectivity index is 2.25. The zero-order chi connectivity index (χ0) is 14.0. The van der Waals surface area contributed by atoms with Gasteiger partial charge in [-0.05, 0) is 32.4 Å². The first kappa shape index (κ1) is 13.7. The standard InChI is InChI=1S/C13H16F2N2O2/c1-8(2)19-7-3-6-17-12-10(16-13(17)18)5-4-9(14)11(12)15/h4-5,8H,3,6-7H2,1-2H3,(H,16,18). The van der Waals surface area contributed by atoms with Crippen molar-refractivity contribution in [2.75, 3.05) is 6.61 Å². The molecule has 0 aliphatic carbocycles. The predicted molar refractivity (Wildman–Crippen MR) is 68.2 cm³/mol. The van der Waals surface area contributed by atoms with Crippen molar-refractivity contribution in [2.24, 2.45) is 0 Å². The lowest BCUT2D eigenvalue weighted by atomic mass is 10.3. The Morgan fingerprint density at radius 3 is 2.79 bits per heavy atom. The molecule has 19 heavy (non-hydrogen) atoms. The first-order valence-corrected chi connectivity index (χ1v) is 6.19. The van der Waals surface area contributed by atoms with Crippen molar-refractivity contribution in [2.45, 2.75) is 32.9 Å². The SMILES string of the molecule is CC(C)OCCCn1c(=O)[nH]c2ccc(F)c(F)c21. The summed E-state index contributed by atoms with van der Waals surface area (Å²) in [5, 5.41) is 0. The molecule has 104 valence electrons. The van der Waals surface area contributed by atoms with Gasteiger partial charge in [0.05, 0.1) is 11.6 Å². The fraction of sp³-hybridized carbons (Fsp3) is 0.462. The molecule has 4 nitrogen and oxygen atoms in total. The number of aryl methyl sites for hydroxylation is 1. The van der Waals surface area contributed by atoms with Gasteiger partial charge in [0.2, 0.25) is 0 Å². The van der Waals surface area contributed by atoms with Crippen LogP contribution in [-0.4, -0.2) is 22.3 Å². The Labute approximate surface area is 109 Å². The van der Waals surface area contributed by atoms with Crippen LogP contribution in [0.25, 0.3) is 11.0 Å². The summed E-state index contributed by atoms with van der Waals surface area (Å²) in [7, 11) is 0. The first-order valence-electron chi connectivity index (χ1n) is 6.19. The van der Waals surface area contributed by atoms with Gasteiger partial charge >= 0.3 is 5.69 Å². The van der Waals surface area contributed by atoms with E-state index in [-0.39, 0.29) is 18.2 Å². The maximum absolute atomic E-state index is 13.7. The Hall–Kier alpha value is -1.69. The van der Waals surface area contributed by atoms with E-state index in [1.165, 1.54) is 10.6 Å². The van der Waals surface area contributed by atoms with E-state index in [2.05, 4.69) is 4.98 Å². The third kappa shape index (κ3) is 2.84. The van der Waals surface area contributed by atoms with Gasteiger partial charge in [0.1, 0.15) is 5.52 Å². The van der Waals surface area contributed by atoms with E-state index in [4.69, 9.17) is 4.74 Å². The first-order chi connectivity index (χ1) is 9.00. The van der Waals surface area contributed by atoms with E-state index in [1.54, 1.807) is 0 Å². The second kappa shape index (κ2) is 5.52. The molecular weight excluding hydrogens is 254 g/mol. The normalized spacial score (nSPS) is 11.6. The number of benzene rings is 1. The topological polar surface area (TPSA) is 47.0 Å². The Morgan fingerprint density at radius 2 is 2.11 bits per heavy atom. The van der Waals surface area contributed by atoms with Gasteiger partial charge in [0, 0.05) is 13.2 Å². The van der Waals surface area contributed by atoms with Gasteiger partial charge in [-0.1, -0.05) is 0 Å². The molecule has 0 radical (unpaired) electrons. The summed E-state index contributed by atoms with van der Waals surface area (Å²) in [5.74, 6) is -1.96. The minimum Gasteiger partial charge on any atom is -0.379 e. The molecule has 2 rings (SSSR count). The number of imidazole rings is 1. The van der Waals surface area contributed by atoms with Crippen molar-refractivity contribution >= 4 is 11.0 Å². The van der Waals surface area contributed by atoms with E-state index in [0.717, 1.165) is 6.07 Å². The molecule has 0 fully saturated rings. The van der Waals surface area contributed by atoms with E-state index in [0.29, 0.717) is 18.5 Å². The van der Waals surface area contributed by atoms with E-state index in [9.17, 15) is 13.6 Å². The monoisotopic (exact) mass is 270 g/mol. The third-order valence-corrected chi connectivity index (χ3v) is 2.80. The minimum atomic E-state index is -0.999. The molecule has 0 aliphatic rings.